The van der Waals surface area contributed by atoms with Crippen molar-refractivity contribution in [2.45, 2.75) is 52.1 Å². The Kier molecular flexibility index (Phi) is 6.12. The fourth-order valence-electron chi connectivity index (χ4n) is 1.87. The standard InChI is InChI=1S/C14H22N2O3/c1-3-4-5-6-7-11(2)19-14-10-12(16(17)18)8-9-13(14)15/h8-11H,3-7,15H2,1-2H3/t11-/m1/s1. The summed E-state index contributed by atoms with van der Waals surface area (Å²) in [5.74, 6) is 0.400. The average molecular weight is 266 g/mol. The van der Waals surface area contributed by atoms with Crippen molar-refractivity contribution in [1.29, 1.82) is 0 Å². The highest BCUT2D eigenvalue weighted by Crippen LogP contribution is 2.28. The number of nitro groups is 1. The highest BCUT2D eigenvalue weighted by atomic mass is 16.6. The molecule has 0 aliphatic heterocycles. The minimum Gasteiger partial charge on any atom is -0.488 e. The fourth-order valence-corrected chi connectivity index (χ4v) is 1.87. The molecule has 0 unspecified atom stereocenters. The number of anilines is 1. The molecule has 0 aliphatic rings. The van der Waals surface area contributed by atoms with Crippen LogP contribution in [0.25, 0.3) is 0 Å². The number of hydrogen-bond donors (Lipinski definition) is 1. The first-order valence-corrected chi connectivity index (χ1v) is 6.75. The van der Waals surface area contributed by atoms with Crippen molar-refractivity contribution in [3.8, 4) is 5.75 Å². The average Bonchev–Trinajstić information content (AvgIpc) is 2.37. The molecule has 106 valence electrons. The lowest BCUT2D eigenvalue weighted by Gasteiger charge is -2.15. The number of rotatable bonds is 8. The van der Waals surface area contributed by atoms with Crippen molar-refractivity contribution < 1.29 is 9.66 Å². The van der Waals surface area contributed by atoms with Gasteiger partial charge in [-0.15, -0.1) is 0 Å². The molecule has 0 fully saturated rings. The number of nitrogens with zero attached hydrogens (tertiary/aromatic N) is 1. The van der Waals surface area contributed by atoms with Crippen LogP contribution >= 0.6 is 0 Å². The van der Waals surface area contributed by atoms with Gasteiger partial charge in [-0.25, -0.2) is 0 Å². The Morgan fingerprint density at radius 3 is 2.74 bits per heavy atom. The van der Waals surface area contributed by atoms with E-state index in [1.54, 1.807) is 0 Å². The quantitative estimate of drug-likeness (QED) is 0.335. The van der Waals surface area contributed by atoms with Crippen molar-refractivity contribution >= 4 is 11.4 Å². The van der Waals surface area contributed by atoms with E-state index in [4.69, 9.17) is 10.5 Å². The van der Waals surface area contributed by atoms with Crippen LogP contribution in [0.15, 0.2) is 18.2 Å². The topological polar surface area (TPSA) is 78.4 Å². The number of nitrogens with two attached hydrogens (primary N) is 1. The molecule has 0 radical (unpaired) electrons. The largest absolute Gasteiger partial charge is 0.488 e. The van der Waals surface area contributed by atoms with Crippen LogP contribution in [-0.4, -0.2) is 11.0 Å². The van der Waals surface area contributed by atoms with E-state index < -0.39 is 4.92 Å². The molecule has 1 atom stereocenters. The van der Waals surface area contributed by atoms with Gasteiger partial charge in [0.05, 0.1) is 22.8 Å². The molecule has 1 aromatic carbocycles. The Bertz CT molecular complexity index is 421. The first-order valence-electron chi connectivity index (χ1n) is 6.75. The predicted molar refractivity (Wildman–Crippen MR) is 76.4 cm³/mol. The van der Waals surface area contributed by atoms with Gasteiger partial charge in [0.25, 0.3) is 5.69 Å². The minimum atomic E-state index is -0.446. The molecule has 5 heteroatoms. The molecule has 19 heavy (non-hydrogen) atoms. The van der Waals surface area contributed by atoms with Crippen LogP contribution in [0.5, 0.6) is 5.75 Å². The van der Waals surface area contributed by atoms with Crippen LogP contribution < -0.4 is 10.5 Å². The Balaban J connectivity index is 2.55. The Labute approximate surface area is 113 Å². The lowest BCUT2D eigenvalue weighted by Crippen LogP contribution is -2.12. The summed E-state index contributed by atoms with van der Waals surface area (Å²) in [6.07, 6.45) is 5.67. The Hall–Kier alpha value is -1.78. The van der Waals surface area contributed by atoms with Crippen LogP contribution in [0.3, 0.4) is 0 Å². The van der Waals surface area contributed by atoms with Gasteiger partial charge in [0, 0.05) is 6.07 Å². The number of ether oxygens (including phenoxy) is 1. The van der Waals surface area contributed by atoms with Crippen molar-refractivity contribution in [3.05, 3.63) is 28.3 Å². The van der Waals surface area contributed by atoms with Gasteiger partial charge < -0.3 is 10.5 Å². The van der Waals surface area contributed by atoms with Gasteiger partial charge >= 0.3 is 0 Å². The number of hydrogen-bond acceptors (Lipinski definition) is 4. The predicted octanol–water partition coefficient (Wildman–Crippen LogP) is 3.91. The monoisotopic (exact) mass is 266 g/mol. The molecule has 0 aliphatic carbocycles. The summed E-state index contributed by atoms with van der Waals surface area (Å²) >= 11 is 0. The van der Waals surface area contributed by atoms with E-state index in [0.717, 1.165) is 12.8 Å². The van der Waals surface area contributed by atoms with Crippen molar-refractivity contribution in [2.75, 3.05) is 5.73 Å². The van der Waals surface area contributed by atoms with Gasteiger partial charge in [-0.3, -0.25) is 10.1 Å². The van der Waals surface area contributed by atoms with Gasteiger partial charge in [0.15, 0.2) is 0 Å². The van der Waals surface area contributed by atoms with E-state index in [1.807, 2.05) is 6.92 Å². The summed E-state index contributed by atoms with van der Waals surface area (Å²) < 4.78 is 5.69. The van der Waals surface area contributed by atoms with Crippen LogP contribution in [-0.2, 0) is 0 Å². The molecule has 2 N–H and O–H groups in total. The molecular formula is C14H22N2O3. The summed E-state index contributed by atoms with van der Waals surface area (Å²) in [7, 11) is 0. The molecule has 0 saturated heterocycles. The van der Waals surface area contributed by atoms with Crippen molar-refractivity contribution in [3.63, 3.8) is 0 Å². The summed E-state index contributed by atoms with van der Waals surface area (Å²) in [5.41, 5.74) is 6.20. The molecule has 0 saturated carbocycles. The van der Waals surface area contributed by atoms with Gasteiger partial charge in [-0.2, -0.15) is 0 Å². The van der Waals surface area contributed by atoms with E-state index in [9.17, 15) is 10.1 Å². The minimum absolute atomic E-state index is 0.00221. The van der Waals surface area contributed by atoms with E-state index in [1.165, 1.54) is 37.5 Å². The second-order valence-electron chi connectivity index (χ2n) is 4.76. The summed E-state index contributed by atoms with van der Waals surface area (Å²) in [5, 5.41) is 10.7. The third-order valence-electron chi connectivity index (χ3n) is 3.00. The fraction of sp³-hybridized carbons (Fsp3) is 0.571. The van der Waals surface area contributed by atoms with Crippen LogP contribution in [0.4, 0.5) is 11.4 Å². The molecule has 0 bridgehead atoms. The Morgan fingerprint density at radius 1 is 1.37 bits per heavy atom. The highest BCUT2D eigenvalue weighted by Gasteiger charge is 2.12. The second-order valence-corrected chi connectivity index (χ2v) is 4.76. The third-order valence-corrected chi connectivity index (χ3v) is 3.00. The van der Waals surface area contributed by atoms with Gasteiger partial charge in [0.1, 0.15) is 5.75 Å². The molecular weight excluding hydrogens is 244 g/mol. The van der Waals surface area contributed by atoms with Crippen LogP contribution in [0, 0.1) is 10.1 Å². The SMILES string of the molecule is CCCCCC[C@@H](C)Oc1cc([N+](=O)[O-])ccc1N. The zero-order chi connectivity index (χ0) is 14.3. The summed E-state index contributed by atoms with van der Waals surface area (Å²) in [6, 6.07) is 4.28. The van der Waals surface area contributed by atoms with E-state index in [2.05, 4.69) is 6.92 Å². The first-order chi connectivity index (χ1) is 9.04. The first kappa shape index (κ1) is 15.3. The van der Waals surface area contributed by atoms with E-state index in [-0.39, 0.29) is 11.8 Å². The molecule has 5 nitrogen and oxygen atoms in total. The number of unbranched alkanes of at least 4 members (excludes halogenated alkanes) is 3. The zero-order valence-corrected chi connectivity index (χ0v) is 11.6. The second kappa shape index (κ2) is 7.61. The lowest BCUT2D eigenvalue weighted by molar-refractivity contribution is -0.384. The van der Waals surface area contributed by atoms with Gasteiger partial charge in [0.2, 0.25) is 0 Å². The smallest absolute Gasteiger partial charge is 0.273 e. The number of non-ortho nitro benzene ring substituents is 1. The van der Waals surface area contributed by atoms with Crippen LogP contribution in [0.1, 0.15) is 46.0 Å². The maximum Gasteiger partial charge on any atom is 0.273 e. The maximum absolute atomic E-state index is 10.7. The van der Waals surface area contributed by atoms with Crippen molar-refractivity contribution in [1.82, 2.24) is 0 Å². The molecule has 0 aromatic heterocycles. The molecule has 1 rings (SSSR count). The Morgan fingerprint density at radius 2 is 2.11 bits per heavy atom. The van der Waals surface area contributed by atoms with Gasteiger partial charge in [-0.05, 0) is 25.8 Å². The number of nitrogen functional groups attached to an aromatic ring is 1. The third kappa shape index (κ3) is 5.16. The molecule has 0 spiro atoms. The summed E-state index contributed by atoms with van der Waals surface area (Å²) in [4.78, 5) is 10.3. The molecule has 0 amide bonds. The lowest BCUT2D eigenvalue weighted by atomic mass is 10.1. The molecule has 1 aromatic rings. The van der Waals surface area contributed by atoms with Gasteiger partial charge in [-0.1, -0.05) is 26.2 Å². The zero-order valence-electron chi connectivity index (χ0n) is 11.6. The van der Waals surface area contributed by atoms with Crippen LogP contribution in [0.2, 0.25) is 0 Å². The van der Waals surface area contributed by atoms with E-state index in [0.29, 0.717) is 11.4 Å². The summed E-state index contributed by atoms with van der Waals surface area (Å²) in [6.45, 7) is 4.13. The maximum atomic E-state index is 10.7. The highest BCUT2D eigenvalue weighted by molar-refractivity contribution is 5.57. The van der Waals surface area contributed by atoms with E-state index >= 15 is 0 Å². The van der Waals surface area contributed by atoms with Crippen molar-refractivity contribution in [2.24, 2.45) is 0 Å². The molecule has 0 heterocycles. The normalized spacial score (nSPS) is 12.1. The number of benzene rings is 1. The number of nitro benzene ring substituents is 1.